The molecule has 0 N–H and O–H groups in total. The first kappa shape index (κ1) is 19.0. The molecule has 0 unspecified atom stereocenters. The third-order valence-electron chi connectivity index (χ3n) is 4.45. The lowest BCUT2D eigenvalue weighted by Crippen LogP contribution is -2.23. The molecule has 0 radical (unpaired) electrons. The van der Waals surface area contributed by atoms with E-state index in [9.17, 15) is 9.18 Å². The summed E-state index contributed by atoms with van der Waals surface area (Å²) in [6.07, 6.45) is 3.18. The number of rotatable bonds is 4. The maximum absolute atomic E-state index is 13.2. The molecule has 5 heteroatoms. The van der Waals surface area contributed by atoms with E-state index in [0.717, 1.165) is 32.6 Å². The fourth-order valence-corrected chi connectivity index (χ4v) is 4.18. The van der Waals surface area contributed by atoms with Gasteiger partial charge in [0.2, 0.25) is 0 Å². The number of carbonyl (C=O) groups excluding carboxylic acids is 1. The van der Waals surface area contributed by atoms with Gasteiger partial charge in [-0.1, -0.05) is 41.7 Å². The van der Waals surface area contributed by atoms with Crippen LogP contribution >= 0.6 is 11.3 Å². The maximum Gasteiger partial charge on any atom is 0.257 e. The van der Waals surface area contributed by atoms with E-state index in [1.165, 1.54) is 29.5 Å². The molecule has 29 heavy (non-hydrogen) atoms. The van der Waals surface area contributed by atoms with Gasteiger partial charge in [0.1, 0.15) is 5.82 Å². The van der Waals surface area contributed by atoms with Gasteiger partial charge in [-0.05, 0) is 73.0 Å². The number of hydrogen-bond acceptors (Lipinski definition) is 3. The van der Waals surface area contributed by atoms with Gasteiger partial charge in [-0.15, -0.1) is 0 Å². The van der Waals surface area contributed by atoms with E-state index in [1.807, 2.05) is 50.2 Å². The number of aromatic nitrogens is 1. The van der Waals surface area contributed by atoms with Crippen LogP contribution in [-0.4, -0.2) is 10.9 Å². The van der Waals surface area contributed by atoms with E-state index in [4.69, 9.17) is 0 Å². The van der Waals surface area contributed by atoms with Crippen LogP contribution in [0.15, 0.2) is 72.8 Å². The van der Waals surface area contributed by atoms with E-state index in [0.29, 0.717) is 5.13 Å². The fourth-order valence-electron chi connectivity index (χ4n) is 3.18. The molecule has 4 aromatic rings. The standard InChI is InChI=1S/C24H19FN2OS/c1-16-13-17(2)15-20(14-16)27(24-26-21-5-3-4-6-22(21)29-24)23(28)12-9-18-7-10-19(25)11-8-18/h3-15H,1-2H3/b12-9+. The zero-order chi connectivity index (χ0) is 20.4. The highest BCUT2D eigenvalue weighted by Gasteiger charge is 2.20. The molecule has 0 saturated heterocycles. The number of thiazole rings is 1. The van der Waals surface area contributed by atoms with Gasteiger partial charge in [0.15, 0.2) is 5.13 Å². The maximum atomic E-state index is 13.2. The number of nitrogens with zero attached hydrogens (tertiary/aromatic N) is 2. The van der Waals surface area contributed by atoms with Crippen molar-refractivity contribution in [2.75, 3.05) is 4.90 Å². The Hall–Kier alpha value is -3.31. The van der Waals surface area contributed by atoms with Gasteiger partial charge >= 0.3 is 0 Å². The lowest BCUT2D eigenvalue weighted by atomic mass is 10.1. The average Bonchev–Trinajstić information content (AvgIpc) is 3.10. The number of para-hydroxylation sites is 1. The minimum atomic E-state index is -0.306. The van der Waals surface area contributed by atoms with Gasteiger partial charge in [0.25, 0.3) is 5.91 Å². The molecule has 0 aliphatic rings. The highest BCUT2D eigenvalue weighted by atomic mass is 32.1. The molecule has 144 valence electrons. The van der Waals surface area contributed by atoms with Crippen LogP contribution < -0.4 is 4.90 Å². The van der Waals surface area contributed by atoms with Crippen molar-refractivity contribution < 1.29 is 9.18 Å². The Bertz CT molecular complexity index is 1160. The minimum absolute atomic E-state index is 0.210. The van der Waals surface area contributed by atoms with E-state index < -0.39 is 0 Å². The SMILES string of the molecule is Cc1cc(C)cc(N(C(=O)/C=C/c2ccc(F)cc2)c2nc3ccccc3s2)c1. The lowest BCUT2D eigenvalue weighted by molar-refractivity contribution is -0.113. The average molecular weight is 402 g/mol. The number of anilines is 2. The van der Waals surface area contributed by atoms with Gasteiger partial charge in [-0.2, -0.15) is 0 Å². The first-order chi connectivity index (χ1) is 14.0. The summed E-state index contributed by atoms with van der Waals surface area (Å²) in [5.74, 6) is -0.516. The second-order valence-electron chi connectivity index (χ2n) is 6.87. The van der Waals surface area contributed by atoms with Gasteiger partial charge < -0.3 is 0 Å². The second kappa shape index (κ2) is 7.97. The molecule has 3 aromatic carbocycles. The molecule has 1 aromatic heterocycles. The van der Waals surface area contributed by atoms with E-state index in [1.54, 1.807) is 23.1 Å². The van der Waals surface area contributed by atoms with Crippen LogP contribution in [-0.2, 0) is 4.79 Å². The zero-order valence-corrected chi connectivity index (χ0v) is 16.9. The summed E-state index contributed by atoms with van der Waals surface area (Å²) < 4.78 is 14.1. The number of amides is 1. The Balaban J connectivity index is 1.76. The molecule has 1 heterocycles. The van der Waals surface area contributed by atoms with Crippen molar-refractivity contribution in [3.63, 3.8) is 0 Å². The van der Waals surface area contributed by atoms with Crippen molar-refractivity contribution in [1.82, 2.24) is 4.98 Å². The van der Waals surface area contributed by atoms with Gasteiger partial charge in [0, 0.05) is 6.08 Å². The molecule has 0 fully saturated rings. The number of aryl methyl sites for hydroxylation is 2. The predicted octanol–water partition coefficient (Wildman–Crippen LogP) is 6.43. The van der Waals surface area contributed by atoms with E-state index >= 15 is 0 Å². The molecule has 3 nitrogen and oxygen atoms in total. The van der Waals surface area contributed by atoms with Crippen LogP contribution in [0.25, 0.3) is 16.3 Å². The quantitative estimate of drug-likeness (QED) is 0.369. The first-order valence-corrected chi connectivity index (χ1v) is 10.0. The van der Waals surface area contributed by atoms with Crippen molar-refractivity contribution in [2.24, 2.45) is 0 Å². The first-order valence-electron chi connectivity index (χ1n) is 9.21. The number of halogens is 1. The van der Waals surface area contributed by atoms with Gasteiger partial charge in [-0.3, -0.25) is 9.69 Å². The Morgan fingerprint density at radius 3 is 2.38 bits per heavy atom. The molecule has 0 bridgehead atoms. The highest BCUT2D eigenvalue weighted by molar-refractivity contribution is 7.22. The Labute approximate surface area is 172 Å². The van der Waals surface area contributed by atoms with Crippen LogP contribution in [0.4, 0.5) is 15.2 Å². The minimum Gasteiger partial charge on any atom is -0.269 e. The number of benzene rings is 3. The third-order valence-corrected chi connectivity index (χ3v) is 5.47. The summed E-state index contributed by atoms with van der Waals surface area (Å²) in [5, 5.41) is 0.616. The number of hydrogen-bond donors (Lipinski definition) is 0. The third kappa shape index (κ3) is 4.25. The molecule has 1 amide bonds. The molecule has 0 spiro atoms. The van der Waals surface area contributed by atoms with Gasteiger partial charge in [-0.25, -0.2) is 9.37 Å². The molecular formula is C24H19FN2OS. The van der Waals surface area contributed by atoms with Crippen molar-refractivity contribution in [3.05, 3.63) is 95.3 Å². The van der Waals surface area contributed by atoms with Crippen LogP contribution in [0.2, 0.25) is 0 Å². The second-order valence-corrected chi connectivity index (χ2v) is 7.88. The molecule has 0 aliphatic carbocycles. The summed E-state index contributed by atoms with van der Waals surface area (Å²) in [5.41, 5.74) is 4.53. The van der Waals surface area contributed by atoms with Crippen molar-refractivity contribution in [1.29, 1.82) is 0 Å². The van der Waals surface area contributed by atoms with Crippen molar-refractivity contribution >= 4 is 44.4 Å². The number of fused-ring (bicyclic) bond motifs is 1. The topological polar surface area (TPSA) is 33.2 Å². The Kier molecular flexibility index (Phi) is 5.23. The zero-order valence-electron chi connectivity index (χ0n) is 16.1. The summed E-state index contributed by atoms with van der Waals surface area (Å²) in [4.78, 5) is 19.5. The summed E-state index contributed by atoms with van der Waals surface area (Å²) in [6.45, 7) is 4.01. The number of carbonyl (C=O) groups is 1. The molecular weight excluding hydrogens is 383 g/mol. The van der Waals surface area contributed by atoms with E-state index in [-0.39, 0.29) is 11.7 Å². The van der Waals surface area contributed by atoms with Crippen LogP contribution in [0.5, 0.6) is 0 Å². The molecule has 0 saturated carbocycles. The Morgan fingerprint density at radius 1 is 1.00 bits per heavy atom. The van der Waals surface area contributed by atoms with Gasteiger partial charge in [0.05, 0.1) is 15.9 Å². The summed E-state index contributed by atoms with van der Waals surface area (Å²) >= 11 is 1.47. The van der Waals surface area contributed by atoms with Crippen LogP contribution in [0.3, 0.4) is 0 Å². The highest BCUT2D eigenvalue weighted by Crippen LogP contribution is 2.34. The monoisotopic (exact) mass is 402 g/mol. The molecule has 0 aliphatic heterocycles. The van der Waals surface area contributed by atoms with Crippen molar-refractivity contribution in [2.45, 2.75) is 13.8 Å². The normalized spacial score (nSPS) is 11.3. The molecule has 0 atom stereocenters. The van der Waals surface area contributed by atoms with Crippen LogP contribution in [0, 0.1) is 19.7 Å². The molecule has 4 rings (SSSR count). The van der Waals surface area contributed by atoms with Crippen molar-refractivity contribution in [3.8, 4) is 0 Å². The summed E-state index contributed by atoms with van der Waals surface area (Å²) in [6, 6.07) is 19.9. The Morgan fingerprint density at radius 2 is 1.69 bits per heavy atom. The summed E-state index contributed by atoms with van der Waals surface area (Å²) in [7, 11) is 0. The lowest BCUT2D eigenvalue weighted by Gasteiger charge is -2.19. The fraction of sp³-hybridized carbons (Fsp3) is 0.0833. The smallest absolute Gasteiger partial charge is 0.257 e. The predicted molar refractivity (Wildman–Crippen MR) is 118 cm³/mol. The van der Waals surface area contributed by atoms with Crippen LogP contribution in [0.1, 0.15) is 16.7 Å². The van der Waals surface area contributed by atoms with E-state index in [2.05, 4.69) is 11.1 Å². The largest absolute Gasteiger partial charge is 0.269 e.